The van der Waals surface area contributed by atoms with Gasteiger partial charge in [-0.3, -0.25) is 4.98 Å². The first-order valence-electron chi connectivity index (χ1n) is 3.58. The lowest BCUT2D eigenvalue weighted by Crippen LogP contribution is -1.86. The summed E-state index contributed by atoms with van der Waals surface area (Å²) in [5.41, 5.74) is 6.99. The Balaban J connectivity index is 2.71. The van der Waals surface area contributed by atoms with Crippen LogP contribution in [0.4, 0.5) is 5.69 Å². The van der Waals surface area contributed by atoms with Crippen molar-refractivity contribution in [2.24, 2.45) is 0 Å². The zero-order valence-electron chi connectivity index (χ0n) is 6.57. The molecule has 0 fully saturated rings. The molecule has 0 amide bonds. The number of nitrogen functional groups attached to an aromatic ring is 1. The highest BCUT2D eigenvalue weighted by atomic mass is 14.7. The fraction of sp³-hybridized carbons (Fsp3) is 0.111. The van der Waals surface area contributed by atoms with Crippen molar-refractivity contribution in [2.75, 3.05) is 5.73 Å². The van der Waals surface area contributed by atoms with Gasteiger partial charge in [0, 0.05) is 11.9 Å². The number of nitriles is 1. The second-order valence-electron chi connectivity index (χ2n) is 2.28. The van der Waals surface area contributed by atoms with E-state index in [4.69, 9.17) is 11.0 Å². The second-order valence-corrected chi connectivity index (χ2v) is 2.28. The van der Waals surface area contributed by atoms with Crippen LogP contribution in [0.3, 0.4) is 0 Å². The molecule has 1 rings (SSSR count). The van der Waals surface area contributed by atoms with Gasteiger partial charge in [-0.2, -0.15) is 5.26 Å². The summed E-state index contributed by atoms with van der Waals surface area (Å²) in [6.07, 6.45) is 5.57. The van der Waals surface area contributed by atoms with E-state index >= 15 is 0 Å². The smallest absolute Gasteiger partial charge is 0.0663 e. The number of nitrogens with zero attached hydrogens (tertiary/aromatic N) is 2. The Morgan fingerprint density at radius 3 is 3.17 bits per heavy atom. The third-order valence-electron chi connectivity index (χ3n) is 1.30. The summed E-state index contributed by atoms with van der Waals surface area (Å²) in [5, 5.41) is 8.25. The summed E-state index contributed by atoms with van der Waals surface area (Å²) < 4.78 is 0. The molecular formula is C9H9N3. The summed E-state index contributed by atoms with van der Waals surface area (Å²) >= 11 is 0. The maximum Gasteiger partial charge on any atom is 0.0663 e. The summed E-state index contributed by atoms with van der Waals surface area (Å²) in [6, 6.07) is 5.49. The maximum atomic E-state index is 8.25. The molecule has 0 aliphatic heterocycles. The first kappa shape index (κ1) is 8.28. The van der Waals surface area contributed by atoms with Gasteiger partial charge in [0.1, 0.15) is 0 Å². The van der Waals surface area contributed by atoms with Crippen LogP contribution in [0.1, 0.15) is 12.1 Å². The Morgan fingerprint density at radius 1 is 1.67 bits per heavy atom. The van der Waals surface area contributed by atoms with Gasteiger partial charge in [-0.15, -0.1) is 0 Å². The van der Waals surface area contributed by atoms with E-state index in [0.717, 1.165) is 5.69 Å². The number of anilines is 1. The average molecular weight is 159 g/mol. The van der Waals surface area contributed by atoms with E-state index in [-0.39, 0.29) is 0 Å². The molecule has 60 valence electrons. The van der Waals surface area contributed by atoms with E-state index in [1.54, 1.807) is 30.5 Å². The van der Waals surface area contributed by atoms with Gasteiger partial charge in [0.05, 0.1) is 18.2 Å². The third-order valence-corrected chi connectivity index (χ3v) is 1.30. The molecule has 0 radical (unpaired) electrons. The molecule has 0 aliphatic rings. The van der Waals surface area contributed by atoms with Gasteiger partial charge in [-0.05, 0) is 18.2 Å². The van der Waals surface area contributed by atoms with Crippen LogP contribution in [0, 0.1) is 11.3 Å². The highest BCUT2D eigenvalue weighted by molar-refractivity contribution is 5.51. The minimum Gasteiger partial charge on any atom is -0.399 e. The minimum atomic E-state index is 0.399. The predicted molar refractivity (Wildman–Crippen MR) is 47.9 cm³/mol. The minimum absolute atomic E-state index is 0.399. The molecule has 3 heteroatoms. The molecule has 0 aliphatic carbocycles. The van der Waals surface area contributed by atoms with E-state index in [9.17, 15) is 0 Å². The summed E-state index contributed by atoms with van der Waals surface area (Å²) in [4.78, 5) is 4.04. The van der Waals surface area contributed by atoms with E-state index in [2.05, 4.69) is 4.98 Å². The molecule has 1 aromatic rings. The van der Waals surface area contributed by atoms with Crippen molar-refractivity contribution >= 4 is 11.8 Å². The lowest BCUT2D eigenvalue weighted by molar-refractivity contribution is 1.29. The molecule has 0 aromatic carbocycles. The Morgan fingerprint density at radius 2 is 2.50 bits per heavy atom. The van der Waals surface area contributed by atoms with Crippen LogP contribution in [-0.4, -0.2) is 4.98 Å². The lowest BCUT2D eigenvalue weighted by Gasteiger charge is -1.93. The maximum absolute atomic E-state index is 8.25. The molecule has 12 heavy (non-hydrogen) atoms. The fourth-order valence-electron chi connectivity index (χ4n) is 0.789. The van der Waals surface area contributed by atoms with Crippen LogP contribution in [-0.2, 0) is 0 Å². The molecule has 0 bridgehead atoms. The summed E-state index contributed by atoms with van der Waals surface area (Å²) in [5.74, 6) is 0. The number of hydrogen-bond acceptors (Lipinski definition) is 3. The zero-order valence-corrected chi connectivity index (χ0v) is 6.57. The second kappa shape index (κ2) is 4.14. The van der Waals surface area contributed by atoms with Gasteiger partial charge < -0.3 is 5.73 Å². The van der Waals surface area contributed by atoms with Crippen molar-refractivity contribution in [1.82, 2.24) is 4.98 Å². The SMILES string of the molecule is N#CCC=Cc1cc(N)ccn1. The molecule has 0 unspecified atom stereocenters. The fourth-order valence-corrected chi connectivity index (χ4v) is 0.789. The van der Waals surface area contributed by atoms with E-state index < -0.39 is 0 Å². The number of rotatable bonds is 2. The van der Waals surface area contributed by atoms with Crippen LogP contribution in [0.15, 0.2) is 24.4 Å². The van der Waals surface area contributed by atoms with Crippen molar-refractivity contribution in [2.45, 2.75) is 6.42 Å². The Hall–Kier alpha value is -1.82. The number of aromatic nitrogens is 1. The van der Waals surface area contributed by atoms with Crippen LogP contribution < -0.4 is 5.73 Å². The van der Waals surface area contributed by atoms with Gasteiger partial charge in [-0.1, -0.05) is 6.08 Å². The molecule has 0 saturated carbocycles. The van der Waals surface area contributed by atoms with Gasteiger partial charge in [0.25, 0.3) is 0 Å². The molecule has 0 atom stereocenters. The molecule has 1 aromatic heterocycles. The first-order valence-corrected chi connectivity index (χ1v) is 3.58. The van der Waals surface area contributed by atoms with Gasteiger partial charge >= 0.3 is 0 Å². The van der Waals surface area contributed by atoms with Gasteiger partial charge in [0.2, 0.25) is 0 Å². The largest absolute Gasteiger partial charge is 0.399 e. The predicted octanol–water partition coefficient (Wildman–Crippen LogP) is 1.59. The number of nitrogens with two attached hydrogens (primary N) is 1. The van der Waals surface area contributed by atoms with Crippen molar-refractivity contribution in [3.05, 3.63) is 30.1 Å². The third kappa shape index (κ3) is 2.43. The Bertz CT molecular complexity index is 323. The molecule has 1 heterocycles. The number of allylic oxidation sites excluding steroid dienone is 1. The van der Waals surface area contributed by atoms with Gasteiger partial charge in [0.15, 0.2) is 0 Å². The standard InChI is InChI=1S/C9H9N3/c10-5-2-1-3-9-7-8(11)4-6-12-9/h1,3-4,6-7H,2H2,(H2,11,12). The normalized spacial score (nSPS) is 9.92. The van der Waals surface area contributed by atoms with E-state index in [1.807, 2.05) is 6.07 Å². The zero-order chi connectivity index (χ0) is 8.81. The van der Waals surface area contributed by atoms with Crippen molar-refractivity contribution in [3.8, 4) is 6.07 Å². The van der Waals surface area contributed by atoms with Crippen LogP contribution in [0.5, 0.6) is 0 Å². The van der Waals surface area contributed by atoms with Crippen molar-refractivity contribution in [3.63, 3.8) is 0 Å². The highest BCUT2D eigenvalue weighted by Gasteiger charge is 1.87. The quantitative estimate of drug-likeness (QED) is 0.712. The molecule has 3 nitrogen and oxygen atoms in total. The highest BCUT2D eigenvalue weighted by Crippen LogP contribution is 2.04. The average Bonchev–Trinajstić information content (AvgIpc) is 2.05. The monoisotopic (exact) mass is 159 g/mol. The van der Waals surface area contributed by atoms with Crippen molar-refractivity contribution < 1.29 is 0 Å². The molecule has 0 spiro atoms. The molecule has 0 saturated heterocycles. The summed E-state index contributed by atoms with van der Waals surface area (Å²) in [7, 11) is 0. The van der Waals surface area contributed by atoms with E-state index in [0.29, 0.717) is 12.1 Å². The van der Waals surface area contributed by atoms with Crippen LogP contribution in [0.2, 0.25) is 0 Å². The number of hydrogen-bond donors (Lipinski definition) is 1. The molecule has 2 N–H and O–H groups in total. The van der Waals surface area contributed by atoms with E-state index in [1.165, 1.54) is 0 Å². The van der Waals surface area contributed by atoms with Gasteiger partial charge in [-0.25, -0.2) is 0 Å². The summed E-state index contributed by atoms with van der Waals surface area (Å²) in [6.45, 7) is 0. The topological polar surface area (TPSA) is 62.7 Å². The first-order chi connectivity index (χ1) is 5.83. The number of pyridine rings is 1. The van der Waals surface area contributed by atoms with Crippen LogP contribution in [0.25, 0.3) is 6.08 Å². The Labute approximate surface area is 71.2 Å². The lowest BCUT2D eigenvalue weighted by atomic mass is 10.3. The van der Waals surface area contributed by atoms with Crippen molar-refractivity contribution in [1.29, 1.82) is 5.26 Å². The molecular weight excluding hydrogens is 150 g/mol. The Kier molecular flexibility index (Phi) is 2.86. The van der Waals surface area contributed by atoms with Crippen LogP contribution >= 0.6 is 0 Å².